The van der Waals surface area contributed by atoms with E-state index in [1.54, 1.807) is 0 Å². The minimum absolute atomic E-state index is 0.805. The first-order chi connectivity index (χ1) is 8.65. The van der Waals surface area contributed by atoms with E-state index in [1.165, 1.54) is 31.7 Å². The third kappa shape index (κ3) is 3.87. The highest BCUT2D eigenvalue weighted by atomic mass is 35.5. The van der Waals surface area contributed by atoms with Crippen molar-refractivity contribution in [3.05, 3.63) is 28.8 Å². The number of nitrogens with zero attached hydrogens (tertiary/aromatic N) is 2. The molecule has 3 nitrogen and oxygen atoms in total. The molecule has 1 aromatic rings. The van der Waals surface area contributed by atoms with Crippen LogP contribution in [0, 0.1) is 6.92 Å². The molecule has 0 amide bonds. The van der Waals surface area contributed by atoms with E-state index in [0.717, 1.165) is 23.8 Å². The molecule has 0 radical (unpaired) electrons. The molecular formula is C14H22ClN3. The maximum absolute atomic E-state index is 6.15. The Morgan fingerprint density at radius 3 is 2.67 bits per heavy atom. The normalized spacial score (nSPS) is 17.9. The van der Waals surface area contributed by atoms with Crippen LogP contribution in [-0.2, 0) is 0 Å². The smallest absolute Gasteiger partial charge is 0.0637 e. The summed E-state index contributed by atoms with van der Waals surface area (Å²) in [6, 6.07) is 6.09. The van der Waals surface area contributed by atoms with E-state index >= 15 is 0 Å². The lowest BCUT2D eigenvalue weighted by Crippen LogP contribution is -2.45. The van der Waals surface area contributed by atoms with E-state index in [0.29, 0.717) is 0 Å². The fraction of sp³-hybridized carbons (Fsp3) is 0.571. The number of rotatable bonds is 4. The summed E-state index contributed by atoms with van der Waals surface area (Å²) in [5, 5.41) is 4.23. The van der Waals surface area contributed by atoms with Gasteiger partial charge in [0.15, 0.2) is 0 Å². The number of likely N-dealkylation sites (N-methyl/N-ethyl adjacent to an activating group) is 1. The summed E-state index contributed by atoms with van der Waals surface area (Å²) in [6.45, 7) is 8.79. The topological polar surface area (TPSA) is 18.5 Å². The van der Waals surface area contributed by atoms with Gasteiger partial charge in [-0.2, -0.15) is 0 Å². The van der Waals surface area contributed by atoms with Gasteiger partial charge in [0, 0.05) is 39.3 Å². The number of aryl methyl sites for hydroxylation is 1. The molecule has 1 N–H and O–H groups in total. The highest BCUT2D eigenvalue weighted by Crippen LogP contribution is 2.22. The summed E-state index contributed by atoms with van der Waals surface area (Å²) >= 11 is 6.15. The lowest BCUT2D eigenvalue weighted by atomic mass is 10.2. The Balaban J connectivity index is 1.76. The van der Waals surface area contributed by atoms with Crippen LogP contribution in [0.2, 0.25) is 5.02 Å². The first-order valence-corrected chi connectivity index (χ1v) is 6.94. The molecule has 0 atom stereocenters. The molecule has 0 saturated carbocycles. The third-order valence-corrected chi connectivity index (χ3v) is 3.79. The van der Waals surface area contributed by atoms with Crippen molar-refractivity contribution in [3.63, 3.8) is 0 Å². The molecule has 18 heavy (non-hydrogen) atoms. The summed E-state index contributed by atoms with van der Waals surface area (Å²) in [5.41, 5.74) is 2.28. The molecule has 1 aliphatic heterocycles. The van der Waals surface area contributed by atoms with Gasteiger partial charge in [-0.25, -0.2) is 0 Å². The van der Waals surface area contributed by atoms with E-state index in [2.05, 4.69) is 35.2 Å². The lowest BCUT2D eigenvalue weighted by Gasteiger charge is -2.32. The van der Waals surface area contributed by atoms with Crippen LogP contribution in [0.1, 0.15) is 5.56 Å². The Morgan fingerprint density at radius 2 is 1.94 bits per heavy atom. The molecule has 0 bridgehead atoms. The average molecular weight is 268 g/mol. The van der Waals surface area contributed by atoms with Gasteiger partial charge in [0.05, 0.1) is 10.7 Å². The number of halogens is 1. The van der Waals surface area contributed by atoms with Gasteiger partial charge in [-0.05, 0) is 31.7 Å². The number of nitrogens with one attached hydrogen (secondary N) is 1. The second-order valence-corrected chi connectivity index (χ2v) is 5.46. The van der Waals surface area contributed by atoms with Gasteiger partial charge in [-0.3, -0.25) is 4.90 Å². The number of piperazine rings is 1. The van der Waals surface area contributed by atoms with Crippen molar-refractivity contribution in [2.45, 2.75) is 6.92 Å². The van der Waals surface area contributed by atoms with Gasteiger partial charge >= 0.3 is 0 Å². The average Bonchev–Trinajstić information content (AvgIpc) is 2.36. The fourth-order valence-corrected chi connectivity index (χ4v) is 2.38. The fourth-order valence-electron chi connectivity index (χ4n) is 2.19. The second-order valence-electron chi connectivity index (χ2n) is 5.05. The van der Waals surface area contributed by atoms with Crippen molar-refractivity contribution in [3.8, 4) is 0 Å². The monoisotopic (exact) mass is 267 g/mol. The van der Waals surface area contributed by atoms with Crippen LogP contribution in [0.5, 0.6) is 0 Å². The van der Waals surface area contributed by atoms with Gasteiger partial charge in [0.25, 0.3) is 0 Å². The van der Waals surface area contributed by atoms with E-state index in [4.69, 9.17) is 11.6 Å². The van der Waals surface area contributed by atoms with Crippen LogP contribution in [-0.4, -0.2) is 56.1 Å². The molecule has 1 saturated heterocycles. The van der Waals surface area contributed by atoms with E-state index in [9.17, 15) is 0 Å². The van der Waals surface area contributed by atoms with Gasteiger partial charge in [-0.1, -0.05) is 17.7 Å². The highest BCUT2D eigenvalue weighted by Gasteiger charge is 2.12. The van der Waals surface area contributed by atoms with E-state index in [1.807, 2.05) is 12.1 Å². The van der Waals surface area contributed by atoms with Crippen molar-refractivity contribution in [1.82, 2.24) is 9.80 Å². The Kier molecular flexibility index (Phi) is 4.87. The molecule has 1 aliphatic rings. The Hall–Kier alpha value is -0.770. The Morgan fingerprint density at radius 1 is 1.22 bits per heavy atom. The lowest BCUT2D eigenvalue weighted by molar-refractivity contribution is 0.158. The summed E-state index contributed by atoms with van der Waals surface area (Å²) in [7, 11) is 2.18. The highest BCUT2D eigenvalue weighted by molar-refractivity contribution is 6.33. The molecule has 1 aromatic carbocycles. The summed E-state index contributed by atoms with van der Waals surface area (Å²) in [4.78, 5) is 4.87. The molecule has 1 heterocycles. The molecular weight excluding hydrogens is 246 g/mol. The summed E-state index contributed by atoms with van der Waals surface area (Å²) < 4.78 is 0. The molecule has 1 fully saturated rings. The zero-order valence-corrected chi connectivity index (χ0v) is 12.0. The minimum Gasteiger partial charge on any atom is -0.383 e. The largest absolute Gasteiger partial charge is 0.383 e. The van der Waals surface area contributed by atoms with Crippen molar-refractivity contribution >= 4 is 17.3 Å². The SMILES string of the molecule is Cc1ccc(Cl)c(NCCN2CCN(C)CC2)c1. The first-order valence-electron chi connectivity index (χ1n) is 6.56. The number of hydrogen-bond acceptors (Lipinski definition) is 3. The van der Waals surface area contributed by atoms with Crippen LogP contribution in [0.25, 0.3) is 0 Å². The quantitative estimate of drug-likeness (QED) is 0.903. The molecule has 0 unspecified atom stereocenters. The standard InChI is InChI=1S/C14H22ClN3/c1-12-3-4-13(15)14(11-12)16-5-6-18-9-7-17(2)8-10-18/h3-4,11,16H,5-10H2,1-2H3. The van der Waals surface area contributed by atoms with Crippen LogP contribution in [0.4, 0.5) is 5.69 Å². The Bertz CT molecular complexity index is 387. The van der Waals surface area contributed by atoms with Crippen molar-refractivity contribution in [2.75, 3.05) is 51.6 Å². The zero-order valence-electron chi connectivity index (χ0n) is 11.2. The maximum atomic E-state index is 6.15. The van der Waals surface area contributed by atoms with Gasteiger partial charge in [0.1, 0.15) is 0 Å². The third-order valence-electron chi connectivity index (χ3n) is 3.46. The van der Waals surface area contributed by atoms with E-state index in [-0.39, 0.29) is 0 Å². The van der Waals surface area contributed by atoms with Crippen LogP contribution < -0.4 is 5.32 Å². The van der Waals surface area contributed by atoms with Crippen molar-refractivity contribution < 1.29 is 0 Å². The van der Waals surface area contributed by atoms with Crippen LogP contribution >= 0.6 is 11.6 Å². The Labute approximate surface area is 115 Å². The zero-order chi connectivity index (χ0) is 13.0. The van der Waals surface area contributed by atoms with Gasteiger partial charge in [-0.15, -0.1) is 0 Å². The van der Waals surface area contributed by atoms with Gasteiger partial charge in [0.2, 0.25) is 0 Å². The molecule has 4 heteroatoms. The molecule has 100 valence electrons. The molecule has 0 aliphatic carbocycles. The molecule has 2 rings (SSSR count). The van der Waals surface area contributed by atoms with Crippen molar-refractivity contribution in [2.24, 2.45) is 0 Å². The number of hydrogen-bond donors (Lipinski definition) is 1. The molecule has 0 aromatic heterocycles. The minimum atomic E-state index is 0.805. The summed E-state index contributed by atoms with van der Waals surface area (Å²) in [5.74, 6) is 0. The predicted molar refractivity (Wildman–Crippen MR) is 78.6 cm³/mol. The first kappa shape index (κ1) is 13.7. The number of anilines is 1. The van der Waals surface area contributed by atoms with Crippen LogP contribution in [0.15, 0.2) is 18.2 Å². The van der Waals surface area contributed by atoms with Gasteiger partial charge < -0.3 is 10.2 Å². The predicted octanol–water partition coefficient (Wildman–Crippen LogP) is 2.31. The second kappa shape index (κ2) is 6.41. The molecule has 0 spiro atoms. The maximum Gasteiger partial charge on any atom is 0.0637 e. The number of benzene rings is 1. The van der Waals surface area contributed by atoms with Crippen LogP contribution in [0.3, 0.4) is 0 Å². The van der Waals surface area contributed by atoms with Crippen molar-refractivity contribution in [1.29, 1.82) is 0 Å². The van der Waals surface area contributed by atoms with E-state index < -0.39 is 0 Å². The summed E-state index contributed by atoms with van der Waals surface area (Å²) in [6.07, 6.45) is 0.